The van der Waals surface area contributed by atoms with E-state index in [1.165, 1.54) is 23.0 Å². The molecule has 1 aliphatic rings. The Morgan fingerprint density at radius 3 is 2.95 bits per heavy atom. The SMILES string of the molecule is N#CC1(c2ccc3c(N)ncnn23)OC(CO)C(O)C1F. The number of anilines is 1. The monoisotopic (exact) mass is 293 g/mol. The quantitative estimate of drug-likeness (QED) is 0.655. The molecule has 4 N–H and O–H groups in total. The molecular weight excluding hydrogens is 281 g/mol. The second kappa shape index (κ2) is 4.63. The minimum atomic E-state index is -2.07. The lowest BCUT2D eigenvalue weighted by Gasteiger charge is -2.22. The summed E-state index contributed by atoms with van der Waals surface area (Å²) >= 11 is 0. The van der Waals surface area contributed by atoms with Gasteiger partial charge < -0.3 is 20.7 Å². The molecular formula is C12H12FN5O3. The molecule has 4 unspecified atom stereocenters. The highest BCUT2D eigenvalue weighted by atomic mass is 19.1. The molecule has 0 amide bonds. The lowest BCUT2D eigenvalue weighted by molar-refractivity contribution is -0.0566. The van der Waals surface area contributed by atoms with Crippen molar-refractivity contribution in [1.82, 2.24) is 14.6 Å². The number of ether oxygens (including phenoxy) is 1. The number of nitrogens with two attached hydrogens (primary N) is 1. The van der Waals surface area contributed by atoms with Crippen LogP contribution in [0.1, 0.15) is 5.69 Å². The summed E-state index contributed by atoms with van der Waals surface area (Å²) in [6, 6.07) is 4.70. The number of aliphatic hydroxyl groups is 2. The molecule has 2 aromatic rings. The van der Waals surface area contributed by atoms with Crippen molar-refractivity contribution >= 4 is 11.3 Å². The number of rotatable bonds is 2. The Kier molecular flexibility index (Phi) is 3.02. The van der Waals surface area contributed by atoms with Crippen LogP contribution in [0.5, 0.6) is 0 Å². The lowest BCUT2D eigenvalue weighted by atomic mass is 9.94. The fourth-order valence-corrected chi connectivity index (χ4v) is 2.53. The van der Waals surface area contributed by atoms with Gasteiger partial charge in [-0.2, -0.15) is 10.4 Å². The van der Waals surface area contributed by atoms with Crippen LogP contribution in [0.25, 0.3) is 5.52 Å². The van der Waals surface area contributed by atoms with E-state index in [4.69, 9.17) is 15.6 Å². The third-order valence-corrected chi connectivity index (χ3v) is 3.61. The predicted octanol–water partition coefficient (Wildman–Crippen LogP) is -0.880. The van der Waals surface area contributed by atoms with Crippen molar-refractivity contribution < 1.29 is 19.3 Å². The normalized spacial score (nSPS) is 32.4. The molecule has 1 aliphatic heterocycles. The molecule has 0 radical (unpaired) electrons. The number of alkyl halides is 1. The molecule has 0 aliphatic carbocycles. The molecule has 3 rings (SSSR count). The number of aromatic nitrogens is 3. The molecule has 2 aromatic heterocycles. The van der Waals surface area contributed by atoms with Gasteiger partial charge in [0.2, 0.25) is 5.60 Å². The molecule has 0 spiro atoms. The van der Waals surface area contributed by atoms with Crippen LogP contribution in [0.15, 0.2) is 18.5 Å². The largest absolute Gasteiger partial charge is 0.394 e. The number of nitrogen functional groups attached to an aromatic ring is 1. The second-order valence-electron chi connectivity index (χ2n) is 4.74. The van der Waals surface area contributed by atoms with E-state index in [0.29, 0.717) is 5.52 Å². The van der Waals surface area contributed by atoms with E-state index < -0.39 is 30.6 Å². The van der Waals surface area contributed by atoms with Crippen LogP contribution < -0.4 is 5.73 Å². The number of fused-ring (bicyclic) bond motifs is 1. The van der Waals surface area contributed by atoms with Gasteiger partial charge in [0.25, 0.3) is 0 Å². The first-order valence-electron chi connectivity index (χ1n) is 6.16. The van der Waals surface area contributed by atoms with Crippen LogP contribution in [0.2, 0.25) is 0 Å². The van der Waals surface area contributed by atoms with Crippen LogP contribution in [0, 0.1) is 11.3 Å². The summed E-state index contributed by atoms with van der Waals surface area (Å²) in [5, 5.41) is 32.3. The summed E-state index contributed by atoms with van der Waals surface area (Å²) in [6.45, 7) is -0.606. The minimum Gasteiger partial charge on any atom is -0.394 e. The van der Waals surface area contributed by atoms with E-state index in [2.05, 4.69) is 10.1 Å². The van der Waals surface area contributed by atoms with Gasteiger partial charge in [-0.1, -0.05) is 0 Å². The van der Waals surface area contributed by atoms with Crippen LogP contribution in [-0.4, -0.2) is 49.8 Å². The molecule has 21 heavy (non-hydrogen) atoms. The summed E-state index contributed by atoms with van der Waals surface area (Å²) in [5.74, 6) is 0.164. The number of hydrogen-bond acceptors (Lipinski definition) is 7. The summed E-state index contributed by atoms with van der Waals surface area (Å²) in [7, 11) is 0. The minimum absolute atomic E-state index is 0.0802. The van der Waals surface area contributed by atoms with Crippen molar-refractivity contribution in [3.8, 4) is 6.07 Å². The van der Waals surface area contributed by atoms with Gasteiger partial charge >= 0.3 is 0 Å². The van der Waals surface area contributed by atoms with E-state index in [1.807, 2.05) is 0 Å². The van der Waals surface area contributed by atoms with Crippen LogP contribution in [0.3, 0.4) is 0 Å². The Balaban J connectivity index is 2.20. The Morgan fingerprint density at radius 1 is 1.57 bits per heavy atom. The van der Waals surface area contributed by atoms with Crippen molar-refractivity contribution in [1.29, 1.82) is 5.26 Å². The van der Waals surface area contributed by atoms with Crippen molar-refractivity contribution in [3.05, 3.63) is 24.2 Å². The van der Waals surface area contributed by atoms with Gasteiger partial charge in [0.1, 0.15) is 30.1 Å². The van der Waals surface area contributed by atoms with Gasteiger partial charge in [0.15, 0.2) is 12.0 Å². The summed E-state index contributed by atoms with van der Waals surface area (Å²) in [6.07, 6.45) is -3.67. The van der Waals surface area contributed by atoms with Gasteiger partial charge in [0.05, 0.1) is 12.3 Å². The molecule has 3 heterocycles. The Morgan fingerprint density at radius 2 is 2.33 bits per heavy atom. The summed E-state index contributed by atoms with van der Waals surface area (Å²) in [5.41, 5.74) is 4.09. The third kappa shape index (κ3) is 1.70. The lowest BCUT2D eigenvalue weighted by Crippen LogP contribution is -2.37. The first kappa shape index (κ1) is 13.7. The first-order valence-corrected chi connectivity index (χ1v) is 6.16. The van der Waals surface area contributed by atoms with Crippen molar-refractivity contribution in [2.75, 3.05) is 12.3 Å². The van der Waals surface area contributed by atoms with Gasteiger partial charge in [-0.05, 0) is 12.1 Å². The average molecular weight is 293 g/mol. The zero-order valence-electron chi connectivity index (χ0n) is 10.7. The topological polar surface area (TPSA) is 130 Å². The maximum absolute atomic E-state index is 14.5. The Labute approximate surface area is 118 Å². The van der Waals surface area contributed by atoms with Gasteiger partial charge in [-0.15, -0.1) is 0 Å². The number of hydrogen-bond donors (Lipinski definition) is 3. The molecule has 0 bridgehead atoms. The van der Waals surface area contributed by atoms with E-state index in [9.17, 15) is 14.8 Å². The molecule has 8 nitrogen and oxygen atoms in total. The zero-order valence-corrected chi connectivity index (χ0v) is 10.7. The van der Waals surface area contributed by atoms with E-state index >= 15 is 0 Å². The van der Waals surface area contributed by atoms with Gasteiger partial charge in [-0.25, -0.2) is 13.9 Å². The molecule has 9 heteroatoms. The van der Waals surface area contributed by atoms with E-state index in [0.717, 1.165) is 0 Å². The van der Waals surface area contributed by atoms with Crippen molar-refractivity contribution in [2.45, 2.75) is 24.0 Å². The van der Waals surface area contributed by atoms with Crippen LogP contribution in [0.4, 0.5) is 10.2 Å². The number of nitriles is 1. The first-order chi connectivity index (χ1) is 10.0. The molecule has 110 valence electrons. The highest BCUT2D eigenvalue weighted by Crippen LogP contribution is 2.41. The standard InChI is InChI=1S/C12H12FN5O3/c13-10-9(20)7(3-19)21-12(10,4-14)8-2-1-6-11(15)16-5-17-18(6)8/h1-2,5,7,9-10,19-20H,3H2,(H2,15,16,17). The Bertz CT molecular complexity index is 729. The van der Waals surface area contributed by atoms with Crippen molar-refractivity contribution in [3.63, 3.8) is 0 Å². The van der Waals surface area contributed by atoms with Crippen molar-refractivity contribution in [2.24, 2.45) is 0 Å². The summed E-state index contributed by atoms with van der Waals surface area (Å²) in [4.78, 5) is 3.80. The van der Waals surface area contributed by atoms with E-state index in [-0.39, 0.29) is 11.5 Å². The molecule has 0 aromatic carbocycles. The molecule has 1 saturated heterocycles. The van der Waals surface area contributed by atoms with Gasteiger partial charge in [0, 0.05) is 0 Å². The molecule has 4 atom stereocenters. The highest BCUT2D eigenvalue weighted by Gasteiger charge is 2.58. The fourth-order valence-electron chi connectivity index (χ4n) is 2.53. The summed E-state index contributed by atoms with van der Waals surface area (Å²) < 4.78 is 21.0. The van der Waals surface area contributed by atoms with Crippen LogP contribution >= 0.6 is 0 Å². The smallest absolute Gasteiger partial charge is 0.231 e. The molecule has 0 saturated carbocycles. The Hall–Kier alpha value is -2.28. The molecule has 1 fully saturated rings. The van der Waals surface area contributed by atoms with E-state index in [1.54, 1.807) is 6.07 Å². The predicted molar refractivity (Wildman–Crippen MR) is 67.6 cm³/mol. The van der Waals surface area contributed by atoms with Gasteiger partial charge in [-0.3, -0.25) is 0 Å². The number of nitrogens with zero attached hydrogens (tertiary/aromatic N) is 4. The number of aliphatic hydroxyl groups excluding tert-OH is 2. The maximum atomic E-state index is 14.5. The zero-order chi connectivity index (χ0) is 15.2. The third-order valence-electron chi connectivity index (χ3n) is 3.61. The highest BCUT2D eigenvalue weighted by molar-refractivity contribution is 5.66. The average Bonchev–Trinajstić information content (AvgIpc) is 3.03. The maximum Gasteiger partial charge on any atom is 0.231 e. The second-order valence-corrected chi connectivity index (χ2v) is 4.74. The number of halogens is 1. The van der Waals surface area contributed by atoms with Crippen LogP contribution in [-0.2, 0) is 10.3 Å². The fraction of sp³-hybridized carbons (Fsp3) is 0.417.